The van der Waals surface area contributed by atoms with Crippen molar-refractivity contribution in [3.8, 4) is 5.75 Å². The number of piperidine rings is 1. The summed E-state index contributed by atoms with van der Waals surface area (Å²) in [6.45, 7) is 19.0. The first kappa shape index (κ1) is 30.7. The van der Waals surface area contributed by atoms with Crippen LogP contribution in [0, 0.1) is 0 Å². The molecule has 5 heterocycles. The number of fused-ring (bicyclic) bond motifs is 2. The first-order chi connectivity index (χ1) is 17.9. The summed E-state index contributed by atoms with van der Waals surface area (Å²) in [4.78, 5) is 14.6. The number of H-pyrrole nitrogens is 1. The number of furan rings is 1. The van der Waals surface area contributed by atoms with Crippen molar-refractivity contribution in [2.45, 2.75) is 104 Å². The van der Waals surface area contributed by atoms with Gasteiger partial charge in [-0.15, -0.1) is 0 Å². The van der Waals surface area contributed by atoms with Gasteiger partial charge in [0.05, 0.1) is 29.5 Å². The monoisotopic (exact) mass is 551 g/mol. The van der Waals surface area contributed by atoms with E-state index >= 15 is 0 Å². The Morgan fingerprint density at radius 1 is 0.921 bits per heavy atom. The van der Waals surface area contributed by atoms with E-state index in [1.54, 1.807) is 6.33 Å². The Hall–Kier alpha value is -1.88. The number of nitrogens with one attached hydrogen (secondary N) is 1. The predicted molar refractivity (Wildman–Crippen MR) is 152 cm³/mol. The van der Waals surface area contributed by atoms with Crippen LogP contribution < -0.4 is 0 Å². The molecule has 5 rings (SSSR count). The highest BCUT2D eigenvalue weighted by atomic mass is 32.2. The van der Waals surface area contributed by atoms with Gasteiger partial charge in [0.25, 0.3) is 0 Å². The van der Waals surface area contributed by atoms with Crippen LogP contribution in [0.15, 0.2) is 17.0 Å². The molecule has 1 fully saturated rings. The lowest BCUT2D eigenvalue weighted by Crippen LogP contribution is -2.42. The van der Waals surface area contributed by atoms with E-state index in [0.29, 0.717) is 23.9 Å². The van der Waals surface area contributed by atoms with Gasteiger partial charge in [0.2, 0.25) is 0 Å². The van der Waals surface area contributed by atoms with Crippen molar-refractivity contribution in [1.82, 2.24) is 24.7 Å². The quantitative estimate of drug-likeness (QED) is 0.591. The lowest BCUT2D eigenvalue weighted by Gasteiger charge is -2.33. The minimum atomic E-state index is -2.80. The molecule has 2 aromatic heterocycles. The van der Waals surface area contributed by atoms with E-state index in [-0.39, 0.29) is 5.25 Å². The largest absolute Gasteiger partial charge is 0.504 e. The Balaban J connectivity index is 0.000000158. The number of aromatic amines is 1. The van der Waals surface area contributed by atoms with Gasteiger partial charge in [0, 0.05) is 56.0 Å². The average molecular weight is 552 g/mol. The second-order valence-electron chi connectivity index (χ2n) is 11.6. The molecule has 3 aliphatic rings. The number of aromatic hydroxyl groups is 1. The van der Waals surface area contributed by atoms with Crippen LogP contribution in [0.25, 0.3) is 0 Å². The standard InChI is InChI=1S/C10H15NO2.C9H15N3.C9H19NO2S/c1-7(2)11-4-3-8-9(12)6-13-10(8)5-11;1-7(2)12-4-3-8-9(5-12)11-6-10-8;1-8(2)10-6-4-9(5-7-10)13(3,11)12/h6-7,12H,3-5H2,1-2H3;6-7H,3-5H2,1-2H3,(H,10,11);8-9H,4-7H2,1-3H3. The van der Waals surface area contributed by atoms with Gasteiger partial charge in [-0.05, 0) is 73.9 Å². The maximum atomic E-state index is 11.2. The molecule has 0 spiro atoms. The van der Waals surface area contributed by atoms with E-state index in [0.717, 1.165) is 76.3 Å². The van der Waals surface area contributed by atoms with Gasteiger partial charge in [-0.2, -0.15) is 0 Å². The minimum Gasteiger partial charge on any atom is -0.504 e. The smallest absolute Gasteiger partial charge is 0.157 e. The summed E-state index contributed by atoms with van der Waals surface area (Å²) < 4.78 is 27.8. The summed E-state index contributed by atoms with van der Waals surface area (Å²) >= 11 is 0. The summed E-state index contributed by atoms with van der Waals surface area (Å²) in [7, 11) is -2.80. The molecule has 0 bridgehead atoms. The normalized spacial score (nSPS) is 19.5. The molecule has 1 saturated heterocycles. The van der Waals surface area contributed by atoms with Crippen molar-refractivity contribution >= 4 is 9.84 Å². The summed E-state index contributed by atoms with van der Waals surface area (Å²) in [5, 5.41) is 9.31. The Morgan fingerprint density at radius 3 is 2.08 bits per heavy atom. The Bertz CT molecular complexity index is 1100. The predicted octanol–water partition coefficient (Wildman–Crippen LogP) is 3.83. The van der Waals surface area contributed by atoms with Gasteiger partial charge < -0.3 is 19.4 Å². The third-order valence-electron chi connectivity index (χ3n) is 8.03. The summed E-state index contributed by atoms with van der Waals surface area (Å²) in [6.07, 6.45) is 8.19. The fourth-order valence-electron chi connectivity index (χ4n) is 5.27. The van der Waals surface area contributed by atoms with Crippen molar-refractivity contribution in [1.29, 1.82) is 0 Å². The molecule has 0 amide bonds. The van der Waals surface area contributed by atoms with Crippen molar-refractivity contribution in [2.75, 3.05) is 32.4 Å². The number of hydrogen-bond acceptors (Lipinski definition) is 8. The Kier molecular flexibility index (Phi) is 10.9. The lowest BCUT2D eigenvalue weighted by molar-refractivity contribution is 0.184. The van der Waals surface area contributed by atoms with Crippen LogP contribution >= 0.6 is 0 Å². The van der Waals surface area contributed by atoms with Crippen LogP contribution in [0.4, 0.5) is 0 Å². The molecule has 0 unspecified atom stereocenters. The molecular formula is C28H49N5O4S. The van der Waals surface area contributed by atoms with Gasteiger partial charge in [-0.25, -0.2) is 13.4 Å². The number of imidazole rings is 1. The molecule has 0 aromatic carbocycles. The van der Waals surface area contributed by atoms with Crippen molar-refractivity contribution in [3.63, 3.8) is 0 Å². The number of hydrogen-bond donors (Lipinski definition) is 2. The van der Waals surface area contributed by atoms with Gasteiger partial charge in [-0.1, -0.05) is 0 Å². The highest BCUT2D eigenvalue weighted by Crippen LogP contribution is 2.29. The molecule has 0 aliphatic carbocycles. The second-order valence-corrected chi connectivity index (χ2v) is 14.0. The maximum Gasteiger partial charge on any atom is 0.157 e. The number of rotatable bonds is 4. The molecule has 216 valence electrons. The second kappa shape index (κ2) is 13.5. The first-order valence-electron chi connectivity index (χ1n) is 14.1. The van der Waals surface area contributed by atoms with E-state index in [1.165, 1.54) is 23.9 Å². The summed E-state index contributed by atoms with van der Waals surface area (Å²) in [5.74, 6) is 1.25. The number of aromatic nitrogens is 2. The molecule has 3 aliphatic heterocycles. The highest BCUT2D eigenvalue weighted by molar-refractivity contribution is 7.91. The Labute approximate surface area is 229 Å². The topological polar surface area (TPSA) is 106 Å². The molecule has 9 nitrogen and oxygen atoms in total. The molecule has 38 heavy (non-hydrogen) atoms. The van der Waals surface area contributed by atoms with Gasteiger partial charge in [-0.3, -0.25) is 9.80 Å². The maximum absolute atomic E-state index is 11.2. The minimum absolute atomic E-state index is 0.0949. The van der Waals surface area contributed by atoms with Crippen LogP contribution in [0.1, 0.15) is 77.1 Å². The SMILES string of the molecule is CC(C)N1CCC(S(C)(=O)=O)CC1.CC(C)N1CCc2c(O)coc2C1.CC(C)N1CCc2nc[nH]c2C1. The molecular weight excluding hydrogens is 502 g/mol. The Morgan fingerprint density at radius 2 is 1.50 bits per heavy atom. The first-order valence-corrected chi connectivity index (χ1v) is 16.0. The number of nitrogens with zero attached hydrogens (tertiary/aromatic N) is 4. The van der Waals surface area contributed by atoms with E-state index in [4.69, 9.17) is 4.42 Å². The molecule has 10 heteroatoms. The zero-order valence-corrected chi connectivity index (χ0v) is 25.2. The van der Waals surface area contributed by atoms with Gasteiger partial charge in [0.1, 0.15) is 21.9 Å². The van der Waals surface area contributed by atoms with E-state index in [1.807, 2.05) is 0 Å². The van der Waals surface area contributed by atoms with Crippen molar-refractivity contribution in [3.05, 3.63) is 35.3 Å². The highest BCUT2D eigenvalue weighted by Gasteiger charge is 2.27. The zero-order chi connectivity index (χ0) is 28.0. The van der Waals surface area contributed by atoms with Crippen LogP contribution in [0.2, 0.25) is 0 Å². The number of sulfone groups is 1. The molecule has 2 N–H and O–H groups in total. The third-order valence-corrected chi connectivity index (χ3v) is 9.71. The van der Waals surface area contributed by atoms with Crippen LogP contribution in [-0.2, 0) is 35.8 Å². The fourth-order valence-corrected chi connectivity index (χ4v) is 6.33. The van der Waals surface area contributed by atoms with E-state index < -0.39 is 9.84 Å². The van der Waals surface area contributed by atoms with Crippen LogP contribution in [0.3, 0.4) is 0 Å². The van der Waals surface area contributed by atoms with Gasteiger partial charge >= 0.3 is 0 Å². The summed E-state index contributed by atoms with van der Waals surface area (Å²) in [5.41, 5.74) is 3.55. The van der Waals surface area contributed by atoms with Crippen molar-refractivity contribution < 1.29 is 17.9 Å². The molecule has 0 atom stereocenters. The summed E-state index contributed by atoms with van der Waals surface area (Å²) in [6, 6.07) is 1.72. The van der Waals surface area contributed by atoms with E-state index in [2.05, 4.69) is 66.2 Å². The lowest BCUT2D eigenvalue weighted by atomic mass is 10.1. The zero-order valence-electron chi connectivity index (χ0n) is 24.4. The molecule has 0 radical (unpaired) electrons. The van der Waals surface area contributed by atoms with Crippen LogP contribution in [0.5, 0.6) is 5.75 Å². The van der Waals surface area contributed by atoms with Crippen molar-refractivity contribution in [2.24, 2.45) is 0 Å². The molecule has 0 saturated carbocycles. The van der Waals surface area contributed by atoms with E-state index in [9.17, 15) is 13.5 Å². The number of likely N-dealkylation sites (tertiary alicyclic amines) is 1. The average Bonchev–Trinajstić information content (AvgIpc) is 3.50. The van der Waals surface area contributed by atoms with Gasteiger partial charge in [0.15, 0.2) is 5.75 Å². The third kappa shape index (κ3) is 8.31. The molecule has 2 aromatic rings. The van der Waals surface area contributed by atoms with Crippen LogP contribution in [-0.4, -0.2) is 94.0 Å². The fraction of sp³-hybridized carbons (Fsp3) is 0.750.